The lowest BCUT2D eigenvalue weighted by molar-refractivity contribution is 0.407. The van der Waals surface area contributed by atoms with E-state index in [1.807, 2.05) is 0 Å². The molecule has 0 amide bonds. The average Bonchev–Trinajstić information content (AvgIpc) is 2.43. The van der Waals surface area contributed by atoms with Gasteiger partial charge in [-0.15, -0.1) is 11.6 Å². The minimum absolute atomic E-state index is 0.0886. The third kappa shape index (κ3) is 2.48. The van der Waals surface area contributed by atoms with E-state index in [0.29, 0.717) is 5.92 Å². The van der Waals surface area contributed by atoms with Crippen LogP contribution < -0.4 is 4.74 Å². The Bertz CT molecular complexity index is 431. The van der Waals surface area contributed by atoms with E-state index in [1.165, 1.54) is 23.1 Å². The van der Waals surface area contributed by atoms with Gasteiger partial charge in [0.05, 0.1) is 12.5 Å². The van der Waals surface area contributed by atoms with Crippen molar-refractivity contribution >= 4 is 27.5 Å². The molecule has 0 fully saturated rings. The number of aryl methyl sites for hydroxylation is 1. The Morgan fingerprint density at radius 2 is 2.18 bits per heavy atom. The van der Waals surface area contributed by atoms with E-state index < -0.39 is 0 Å². The van der Waals surface area contributed by atoms with Crippen LogP contribution in [0.15, 0.2) is 10.5 Å². The van der Waals surface area contributed by atoms with Crippen LogP contribution in [0, 0.1) is 12.8 Å². The van der Waals surface area contributed by atoms with E-state index in [9.17, 15) is 0 Å². The standard InChI is InChI=1S/C14H18BrClO/c1-8-4-5-10-12(17-3)7-9(2)14(15)13(10)11(16)6-8/h7-8,11H,4-6H2,1-3H3. The molecule has 1 aliphatic rings. The lowest BCUT2D eigenvalue weighted by atomic mass is 9.99. The molecule has 0 heterocycles. The van der Waals surface area contributed by atoms with E-state index in [4.69, 9.17) is 16.3 Å². The molecular formula is C14H18BrClO. The van der Waals surface area contributed by atoms with Crippen molar-refractivity contribution in [2.45, 2.75) is 38.5 Å². The number of methoxy groups -OCH3 is 1. The third-order valence-electron chi connectivity index (χ3n) is 3.58. The first-order valence-corrected chi connectivity index (χ1v) is 7.27. The van der Waals surface area contributed by atoms with E-state index in [-0.39, 0.29) is 5.38 Å². The summed E-state index contributed by atoms with van der Waals surface area (Å²) in [6, 6.07) is 2.10. The molecule has 1 aliphatic carbocycles. The second-order valence-corrected chi connectivity index (χ2v) is 6.27. The lowest BCUT2D eigenvalue weighted by Gasteiger charge is -2.18. The molecule has 0 N–H and O–H groups in total. The maximum absolute atomic E-state index is 6.57. The van der Waals surface area contributed by atoms with Crippen molar-refractivity contribution in [3.05, 3.63) is 27.2 Å². The van der Waals surface area contributed by atoms with Gasteiger partial charge in [0.15, 0.2) is 0 Å². The van der Waals surface area contributed by atoms with Crippen LogP contribution in [0.3, 0.4) is 0 Å². The van der Waals surface area contributed by atoms with Gasteiger partial charge in [-0.25, -0.2) is 0 Å². The first-order chi connectivity index (χ1) is 8.04. The summed E-state index contributed by atoms with van der Waals surface area (Å²) in [7, 11) is 1.74. The highest BCUT2D eigenvalue weighted by atomic mass is 79.9. The van der Waals surface area contributed by atoms with Crippen LogP contribution in [0.1, 0.15) is 41.8 Å². The molecule has 1 aromatic carbocycles. The molecule has 2 atom stereocenters. The summed E-state index contributed by atoms with van der Waals surface area (Å²) in [5, 5.41) is 0.0886. The SMILES string of the molecule is COc1cc(C)c(Br)c2c1CCC(C)CC2Cl. The molecule has 2 unspecified atom stereocenters. The van der Waals surface area contributed by atoms with E-state index >= 15 is 0 Å². The van der Waals surface area contributed by atoms with Gasteiger partial charge in [-0.1, -0.05) is 22.9 Å². The van der Waals surface area contributed by atoms with Gasteiger partial charge in [0, 0.05) is 4.47 Å². The van der Waals surface area contributed by atoms with Crippen LogP contribution in [0.2, 0.25) is 0 Å². The summed E-state index contributed by atoms with van der Waals surface area (Å²) >= 11 is 10.3. The van der Waals surface area contributed by atoms with Gasteiger partial charge in [-0.05, 0) is 54.9 Å². The molecule has 0 radical (unpaired) electrons. The fourth-order valence-electron chi connectivity index (χ4n) is 2.57. The molecule has 0 spiro atoms. The predicted octanol–water partition coefficient (Wildman–Crippen LogP) is 5.02. The van der Waals surface area contributed by atoms with Crippen molar-refractivity contribution in [2.75, 3.05) is 7.11 Å². The van der Waals surface area contributed by atoms with Crippen molar-refractivity contribution in [1.82, 2.24) is 0 Å². The fraction of sp³-hybridized carbons (Fsp3) is 0.571. The Morgan fingerprint density at radius 3 is 2.82 bits per heavy atom. The minimum Gasteiger partial charge on any atom is -0.496 e. The summed E-state index contributed by atoms with van der Waals surface area (Å²) in [6.07, 6.45) is 3.28. The smallest absolute Gasteiger partial charge is 0.122 e. The second kappa shape index (κ2) is 5.19. The van der Waals surface area contributed by atoms with Gasteiger partial charge in [-0.3, -0.25) is 0 Å². The Kier molecular flexibility index (Phi) is 4.04. The van der Waals surface area contributed by atoms with Crippen molar-refractivity contribution in [3.63, 3.8) is 0 Å². The summed E-state index contributed by atoms with van der Waals surface area (Å²) in [5.74, 6) is 1.65. The van der Waals surface area contributed by atoms with Gasteiger partial charge in [0.2, 0.25) is 0 Å². The number of halogens is 2. The number of hydrogen-bond acceptors (Lipinski definition) is 1. The van der Waals surface area contributed by atoms with Crippen molar-refractivity contribution in [2.24, 2.45) is 5.92 Å². The zero-order chi connectivity index (χ0) is 12.6. The number of fused-ring (bicyclic) bond motifs is 1. The lowest BCUT2D eigenvalue weighted by Crippen LogP contribution is -2.01. The molecule has 0 saturated carbocycles. The molecule has 2 rings (SSSR count). The molecule has 0 saturated heterocycles. The van der Waals surface area contributed by atoms with Crippen molar-refractivity contribution in [1.29, 1.82) is 0 Å². The third-order valence-corrected chi connectivity index (χ3v) is 5.03. The highest BCUT2D eigenvalue weighted by Gasteiger charge is 2.26. The van der Waals surface area contributed by atoms with E-state index in [0.717, 1.165) is 23.1 Å². The molecule has 94 valence electrons. The first-order valence-electron chi connectivity index (χ1n) is 6.04. The van der Waals surface area contributed by atoms with Crippen LogP contribution in [-0.2, 0) is 6.42 Å². The normalized spacial score (nSPS) is 24.1. The van der Waals surface area contributed by atoms with Gasteiger partial charge >= 0.3 is 0 Å². The van der Waals surface area contributed by atoms with Gasteiger partial charge in [-0.2, -0.15) is 0 Å². The highest BCUT2D eigenvalue weighted by molar-refractivity contribution is 9.10. The number of alkyl halides is 1. The Labute approximate surface area is 117 Å². The molecule has 0 bridgehead atoms. The topological polar surface area (TPSA) is 9.23 Å². The fourth-order valence-corrected chi connectivity index (χ4v) is 3.88. The molecule has 3 heteroatoms. The second-order valence-electron chi connectivity index (χ2n) is 4.95. The van der Waals surface area contributed by atoms with Crippen LogP contribution in [0.25, 0.3) is 0 Å². The molecular weight excluding hydrogens is 300 g/mol. The van der Waals surface area contributed by atoms with E-state index in [1.54, 1.807) is 7.11 Å². The zero-order valence-electron chi connectivity index (χ0n) is 10.5. The quantitative estimate of drug-likeness (QED) is 0.522. The number of rotatable bonds is 1. The first kappa shape index (κ1) is 13.2. The van der Waals surface area contributed by atoms with Crippen LogP contribution >= 0.6 is 27.5 Å². The van der Waals surface area contributed by atoms with Crippen molar-refractivity contribution < 1.29 is 4.74 Å². The van der Waals surface area contributed by atoms with Crippen LogP contribution in [0.5, 0.6) is 5.75 Å². The Hall–Kier alpha value is -0.210. The number of hydrogen-bond donors (Lipinski definition) is 0. The molecule has 1 nitrogen and oxygen atoms in total. The minimum atomic E-state index is 0.0886. The van der Waals surface area contributed by atoms with Crippen LogP contribution in [0.4, 0.5) is 0 Å². The summed E-state index contributed by atoms with van der Waals surface area (Å²) in [6.45, 7) is 4.36. The predicted molar refractivity (Wildman–Crippen MR) is 76.1 cm³/mol. The Morgan fingerprint density at radius 1 is 1.47 bits per heavy atom. The molecule has 1 aromatic rings. The highest BCUT2D eigenvalue weighted by Crippen LogP contribution is 2.44. The van der Waals surface area contributed by atoms with Crippen LogP contribution in [-0.4, -0.2) is 7.11 Å². The Balaban J connectivity index is 2.60. The maximum Gasteiger partial charge on any atom is 0.122 e. The van der Waals surface area contributed by atoms with Gasteiger partial charge < -0.3 is 4.74 Å². The number of ether oxygens (including phenoxy) is 1. The summed E-state index contributed by atoms with van der Waals surface area (Å²) < 4.78 is 6.66. The van der Waals surface area contributed by atoms with Gasteiger partial charge in [0.25, 0.3) is 0 Å². The molecule has 0 aliphatic heterocycles. The number of benzene rings is 1. The monoisotopic (exact) mass is 316 g/mol. The average molecular weight is 318 g/mol. The largest absolute Gasteiger partial charge is 0.496 e. The summed E-state index contributed by atoms with van der Waals surface area (Å²) in [4.78, 5) is 0. The molecule has 0 aromatic heterocycles. The van der Waals surface area contributed by atoms with Gasteiger partial charge in [0.1, 0.15) is 5.75 Å². The van der Waals surface area contributed by atoms with Crippen molar-refractivity contribution in [3.8, 4) is 5.75 Å². The summed E-state index contributed by atoms with van der Waals surface area (Å²) in [5.41, 5.74) is 3.72. The zero-order valence-corrected chi connectivity index (χ0v) is 12.9. The van der Waals surface area contributed by atoms with E-state index in [2.05, 4.69) is 35.8 Å². The maximum atomic E-state index is 6.57. The molecule has 17 heavy (non-hydrogen) atoms.